The first-order valence-corrected chi connectivity index (χ1v) is 10.4. The maximum atomic E-state index is 12.1. The number of carbonyl (C=O) groups excluding carboxylic acids is 1. The van der Waals surface area contributed by atoms with Gasteiger partial charge >= 0.3 is 0 Å². The minimum Gasteiger partial charge on any atom is -0.393 e. The summed E-state index contributed by atoms with van der Waals surface area (Å²) in [5, 5.41) is 18.6. The highest BCUT2D eigenvalue weighted by Gasteiger charge is 2.23. The number of hydrogen-bond acceptors (Lipinski definition) is 6. The number of nitrogens with zero attached hydrogens (tertiary/aromatic N) is 2. The topological polar surface area (TPSA) is 113 Å². The van der Waals surface area contributed by atoms with E-state index in [4.69, 9.17) is 10.7 Å². The fourth-order valence-electron chi connectivity index (χ4n) is 3.97. The first-order valence-electron chi connectivity index (χ1n) is 10.4. The van der Waals surface area contributed by atoms with Crippen molar-refractivity contribution in [3.63, 3.8) is 0 Å². The van der Waals surface area contributed by atoms with Crippen LogP contribution < -0.4 is 16.4 Å². The highest BCUT2D eigenvalue weighted by molar-refractivity contribution is 6.00. The largest absolute Gasteiger partial charge is 0.393 e. The summed E-state index contributed by atoms with van der Waals surface area (Å²) in [5.74, 6) is 0.383. The Morgan fingerprint density at radius 2 is 1.80 bits per heavy atom. The number of hydrogen-bond donors (Lipinski definition) is 4. The first-order chi connectivity index (χ1) is 14.5. The maximum Gasteiger partial charge on any atom is 0.271 e. The summed E-state index contributed by atoms with van der Waals surface area (Å²) < 4.78 is 0. The Hall–Kier alpha value is -3.19. The smallest absolute Gasteiger partial charge is 0.271 e. The summed E-state index contributed by atoms with van der Waals surface area (Å²) in [6.45, 7) is 1.97. The van der Waals surface area contributed by atoms with E-state index in [-0.39, 0.29) is 17.8 Å². The van der Waals surface area contributed by atoms with E-state index in [1.165, 1.54) is 0 Å². The van der Waals surface area contributed by atoms with Crippen LogP contribution in [0.15, 0.2) is 42.5 Å². The summed E-state index contributed by atoms with van der Waals surface area (Å²) in [7, 11) is 0. The van der Waals surface area contributed by atoms with Gasteiger partial charge in [-0.3, -0.25) is 4.79 Å². The Bertz CT molecular complexity index is 1060. The summed E-state index contributed by atoms with van der Waals surface area (Å²) in [5.41, 5.74) is 7.29. The molecule has 1 heterocycles. The van der Waals surface area contributed by atoms with Crippen LogP contribution in [0.1, 0.15) is 48.8 Å². The second kappa shape index (κ2) is 8.67. The lowest BCUT2D eigenvalue weighted by molar-refractivity contribution is 0.0996. The van der Waals surface area contributed by atoms with Crippen molar-refractivity contribution in [2.24, 2.45) is 5.73 Å². The number of nitrogens with one attached hydrogen (secondary N) is 2. The van der Waals surface area contributed by atoms with E-state index in [1.54, 1.807) is 0 Å². The molecule has 0 bridgehead atoms. The molecule has 0 spiro atoms. The van der Waals surface area contributed by atoms with Crippen molar-refractivity contribution < 1.29 is 9.90 Å². The fraction of sp³-hybridized carbons (Fsp3) is 0.348. The zero-order valence-corrected chi connectivity index (χ0v) is 17.1. The van der Waals surface area contributed by atoms with Gasteiger partial charge < -0.3 is 21.5 Å². The molecular weight excluding hydrogens is 378 g/mol. The molecular formula is C23H27N5O2. The van der Waals surface area contributed by atoms with Gasteiger partial charge in [0.1, 0.15) is 5.82 Å². The number of carbonyl (C=O) groups is 1. The molecule has 1 fully saturated rings. The second-order valence-electron chi connectivity index (χ2n) is 7.74. The van der Waals surface area contributed by atoms with Crippen LogP contribution in [0.4, 0.5) is 17.3 Å². The normalized spacial score (nSPS) is 18.9. The average Bonchev–Trinajstić information content (AvgIpc) is 2.75. The molecule has 4 rings (SSSR count). The molecule has 1 aliphatic carbocycles. The third-order valence-electron chi connectivity index (χ3n) is 5.62. The van der Waals surface area contributed by atoms with Crippen LogP contribution in [0.2, 0.25) is 0 Å². The molecule has 0 atom stereocenters. The molecule has 1 aromatic heterocycles. The minimum absolute atomic E-state index is 0.129. The summed E-state index contributed by atoms with van der Waals surface area (Å²) >= 11 is 0. The Labute approximate surface area is 175 Å². The van der Waals surface area contributed by atoms with Gasteiger partial charge in [0.15, 0.2) is 11.5 Å². The molecule has 5 N–H and O–H groups in total. The van der Waals surface area contributed by atoms with Crippen molar-refractivity contribution in [2.45, 2.75) is 51.2 Å². The standard InChI is InChI=1S/C23H27N5O2/c1-2-18-22(25-15-10-12-16(29)13-11-15)28-23(20(26-18)21(24)30)27-19-9-5-7-14-6-3-4-8-17(14)19/h3-9,15-16,29H,2,10-13H2,1H3,(H2,24,30)(H2,25,27,28)/t15-,16-. The van der Waals surface area contributed by atoms with Gasteiger partial charge in [-0.05, 0) is 43.6 Å². The number of rotatable bonds is 6. The van der Waals surface area contributed by atoms with Crippen molar-refractivity contribution in [3.8, 4) is 0 Å². The van der Waals surface area contributed by atoms with Gasteiger partial charge in [0.05, 0.1) is 11.8 Å². The third kappa shape index (κ3) is 4.21. The highest BCUT2D eigenvalue weighted by Crippen LogP contribution is 2.29. The van der Waals surface area contributed by atoms with E-state index >= 15 is 0 Å². The van der Waals surface area contributed by atoms with Crippen LogP contribution in [0.3, 0.4) is 0 Å². The Kier molecular flexibility index (Phi) is 5.81. The number of amides is 1. The summed E-state index contributed by atoms with van der Waals surface area (Å²) in [6, 6.07) is 14.2. The van der Waals surface area contributed by atoms with Crippen LogP contribution >= 0.6 is 0 Å². The van der Waals surface area contributed by atoms with Crippen molar-refractivity contribution in [3.05, 3.63) is 53.9 Å². The molecule has 0 radical (unpaired) electrons. The third-order valence-corrected chi connectivity index (χ3v) is 5.62. The number of aliphatic hydroxyl groups excluding tert-OH is 1. The molecule has 1 amide bonds. The van der Waals surface area contributed by atoms with E-state index in [9.17, 15) is 9.90 Å². The number of aliphatic hydroxyl groups is 1. The van der Waals surface area contributed by atoms with Crippen molar-refractivity contribution in [1.82, 2.24) is 9.97 Å². The van der Waals surface area contributed by atoms with Crippen molar-refractivity contribution in [2.75, 3.05) is 10.6 Å². The quantitative estimate of drug-likeness (QED) is 0.497. The number of aromatic nitrogens is 2. The first kappa shape index (κ1) is 20.1. The number of primary amides is 1. The summed E-state index contributed by atoms with van der Waals surface area (Å²) in [6.07, 6.45) is 3.69. The maximum absolute atomic E-state index is 12.1. The lowest BCUT2D eigenvalue weighted by atomic mass is 9.93. The van der Waals surface area contributed by atoms with Gasteiger partial charge in [-0.25, -0.2) is 9.97 Å². The SMILES string of the molecule is CCc1nc(C(N)=O)c(Nc2cccc3ccccc23)nc1N[C@H]1CC[C@H](O)CC1. The molecule has 1 saturated carbocycles. The van der Waals surface area contributed by atoms with E-state index in [1.807, 2.05) is 49.4 Å². The summed E-state index contributed by atoms with van der Waals surface area (Å²) in [4.78, 5) is 21.4. The van der Waals surface area contributed by atoms with Gasteiger partial charge in [0.25, 0.3) is 5.91 Å². The molecule has 7 nitrogen and oxygen atoms in total. The number of nitrogens with two attached hydrogens (primary N) is 1. The van der Waals surface area contributed by atoms with E-state index in [2.05, 4.69) is 15.6 Å². The van der Waals surface area contributed by atoms with Gasteiger partial charge in [-0.1, -0.05) is 43.3 Å². The number of aryl methyl sites for hydroxylation is 1. The molecule has 1 aliphatic rings. The van der Waals surface area contributed by atoms with Crippen LogP contribution in [0.25, 0.3) is 10.8 Å². The monoisotopic (exact) mass is 405 g/mol. The van der Waals surface area contributed by atoms with Crippen LogP contribution in [-0.4, -0.2) is 33.1 Å². The Morgan fingerprint density at radius 3 is 2.53 bits per heavy atom. The van der Waals surface area contributed by atoms with Crippen molar-refractivity contribution in [1.29, 1.82) is 0 Å². The predicted octanol–water partition coefficient (Wildman–Crippen LogP) is 3.75. The van der Waals surface area contributed by atoms with E-state index in [0.717, 1.165) is 42.1 Å². The zero-order valence-electron chi connectivity index (χ0n) is 17.1. The average molecular weight is 406 g/mol. The van der Waals surface area contributed by atoms with Gasteiger partial charge in [-0.2, -0.15) is 0 Å². The van der Waals surface area contributed by atoms with Gasteiger partial charge in [0, 0.05) is 17.1 Å². The fourth-order valence-corrected chi connectivity index (χ4v) is 3.97. The van der Waals surface area contributed by atoms with E-state index in [0.29, 0.717) is 23.8 Å². The molecule has 2 aromatic carbocycles. The predicted molar refractivity (Wildman–Crippen MR) is 119 cm³/mol. The van der Waals surface area contributed by atoms with Crippen LogP contribution in [-0.2, 0) is 6.42 Å². The number of fused-ring (bicyclic) bond motifs is 1. The van der Waals surface area contributed by atoms with Crippen molar-refractivity contribution >= 4 is 34.0 Å². The molecule has 0 unspecified atom stereocenters. The lowest BCUT2D eigenvalue weighted by Crippen LogP contribution is -2.29. The lowest BCUT2D eigenvalue weighted by Gasteiger charge is -2.27. The highest BCUT2D eigenvalue weighted by atomic mass is 16.3. The van der Waals surface area contributed by atoms with Crippen LogP contribution in [0, 0.1) is 0 Å². The van der Waals surface area contributed by atoms with Gasteiger partial charge in [0.2, 0.25) is 0 Å². The van der Waals surface area contributed by atoms with Gasteiger partial charge in [-0.15, -0.1) is 0 Å². The molecule has 0 saturated heterocycles. The number of anilines is 3. The molecule has 0 aliphatic heterocycles. The molecule has 156 valence electrons. The zero-order chi connectivity index (χ0) is 21.1. The second-order valence-corrected chi connectivity index (χ2v) is 7.74. The van der Waals surface area contributed by atoms with E-state index < -0.39 is 5.91 Å². The Morgan fingerprint density at radius 1 is 1.07 bits per heavy atom. The van der Waals surface area contributed by atoms with Crippen LogP contribution in [0.5, 0.6) is 0 Å². The number of benzene rings is 2. The Balaban J connectivity index is 1.71. The molecule has 3 aromatic rings. The molecule has 30 heavy (non-hydrogen) atoms. The molecule has 7 heteroatoms. The minimum atomic E-state index is -0.618.